The zero-order chi connectivity index (χ0) is 17.1. The van der Waals surface area contributed by atoms with Gasteiger partial charge in [0.05, 0.1) is 26.0 Å². The number of ether oxygens (including phenoxy) is 2. The molecule has 0 spiro atoms. The normalized spacial score (nSPS) is 12.1. The number of aromatic amines is 1. The van der Waals surface area contributed by atoms with Crippen molar-refractivity contribution in [1.29, 1.82) is 0 Å². The van der Waals surface area contributed by atoms with Crippen LogP contribution >= 0.6 is 11.8 Å². The van der Waals surface area contributed by atoms with Gasteiger partial charge in [0.2, 0.25) is 0 Å². The first-order valence-corrected chi connectivity index (χ1v) is 8.09. The maximum Gasteiger partial charge on any atom is 0.318 e. The summed E-state index contributed by atoms with van der Waals surface area (Å²) in [4.78, 5) is 28.2. The molecule has 0 saturated heterocycles. The molecule has 0 aliphatic heterocycles. The number of benzene rings is 1. The second-order valence-electron chi connectivity index (χ2n) is 4.99. The molecule has 1 aromatic carbocycles. The first kappa shape index (κ1) is 16.3. The highest BCUT2D eigenvalue weighted by atomic mass is 32.2. The van der Waals surface area contributed by atoms with Crippen LogP contribution in [0.4, 0.5) is 0 Å². The fourth-order valence-electron chi connectivity index (χ4n) is 2.25. The number of carbonyl (C=O) groups is 1. The van der Waals surface area contributed by atoms with E-state index >= 15 is 0 Å². The summed E-state index contributed by atoms with van der Waals surface area (Å²) in [6.45, 7) is 1.80. The van der Waals surface area contributed by atoms with Crippen molar-refractivity contribution in [2.24, 2.45) is 0 Å². The minimum Gasteiger partial charge on any atom is -0.496 e. The van der Waals surface area contributed by atoms with Crippen molar-refractivity contribution in [3.05, 3.63) is 30.7 Å². The lowest BCUT2D eigenvalue weighted by Crippen LogP contribution is -2.14. The van der Waals surface area contributed by atoms with Crippen molar-refractivity contribution < 1.29 is 14.3 Å². The van der Waals surface area contributed by atoms with Gasteiger partial charge in [0.1, 0.15) is 28.7 Å². The standard InChI is InChI=1S/C16H16N4O3S/c1-9(16(21)23-3)24-10-4-5-11(13(6-10)22-2)14-19-12-7-17-8-18-15(12)20-14/h4-9H,1-3H3,(H,17,18,19,20). The third-order valence-electron chi connectivity index (χ3n) is 3.44. The Bertz CT molecular complexity index is 848. The predicted octanol–water partition coefficient (Wildman–Crippen LogP) is 2.68. The molecule has 1 atom stereocenters. The molecule has 7 nitrogen and oxygen atoms in total. The van der Waals surface area contributed by atoms with Crippen LogP contribution in [-0.2, 0) is 9.53 Å². The number of methoxy groups -OCH3 is 2. The average Bonchev–Trinajstić information content (AvgIpc) is 3.04. The second kappa shape index (κ2) is 6.88. The van der Waals surface area contributed by atoms with Crippen molar-refractivity contribution >= 4 is 28.9 Å². The van der Waals surface area contributed by atoms with Crippen LogP contribution in [0.5, 0.6) is 5.75 Å². The Morgan fingerprint density at radius 3 is 2.88 bits per heavy atom. The third-order valence-corrected chi connectivity index (χ3v) is 4.51. The molecule has 0 aliphatic rings. The molecule has 0 bridgehead atoms. The summed E-state index contributed by atoms with van der Waals surface area (Å²) in [7, 11) is 2.98. The van der Waals surface area contributed by atoms with E-state index in [4.69, 9.17) is 9.47 Å². The van der Waals surface area contributed by atoms with E-state index in [1.165, 1.54) is 25.2 Å². The summed E-state index contributed by atoms with van der Waals surface area (Å²) in [6, 6.07) is 5.69. The molecular formula is C16H16N4O3S. The Labute approximate surface area is 142 Å². The molecule has 3 rings (SSSR count). The molecule has 0 saturated carbocycles. The molecule has 1 unspecified atom stereocenters. The molecule has 124 valence electrons. The highest BCUT2D eigenvalue weighted by molar-refractivity contribution is 8.00. The van der Waals surface area contributed by atoms with E-state index in [1.54, 1.807) is 20.2 Å². The van der Waals surface area contributed by atoms with Crippen LogP contribution in [0, 0.1) is 0 Å². The number of H-pyrrole nitrogens is 1. The molecule has 24 heavy (non-hydrogen) atoms. The van der Waals surface area contributed by atoms with Crippen molar-refractivity contribution in [3.63, 3.8) is 0 Å². The number of carbonyl (C=O) groups excluding carboxylic acids is 1. The number of esters is 1. The zero-order valence-corrected chi connectivity index (χ0v) is 14.3. The van der Waals surface area contributed by atoms with Gasteiger partial charge in [-0.25, -0.2) is 15.0 Å². The zero-order valence-electron chi connectivity index (χ0n) is 13.4. The van der Waals surface area contributed by atoms with Gasteiger partial charge in [-0.05, 0) is 25.1 Å². The van der Waals surface area contributed by atoms with Crippen molar-refractivity contribution in [1.82, 2.24) is 19.9 Å². The Morgan fingerprint density at radius 1 is 1.33 bits per heavy atom. The minimum absolute atomic E-state index is 0.265. The quantitative estimate of drug-likeness (QED) is 0.562. The first-order valence-electron chi connectivity index (χ1n) is 7.21. The lowest BCUT2D eigenvalue weighted by Gasteiger charge is -2.11. The van der Waals surface area contributed by atoms with E-state index in [0.29, 0.717) is 22.7 Å². The van der Waals surface area contributed by atoms with Crippen LogP contribution in [0.25, 0.3) is 22.6 Å². The van der Waals surface area contributed by atoms with E-state index < -0.39 is 0 Å². The van der Waals surface area contributed by atoms with E-state index in [9.17, 15) is 4.79 Å². The number of fused-ring (bicyclic) bond motifs is 1. The molecular weight excluding hydrogens is 328 g/mol. The number of hydrogen-bond donors (Lipinski definition) is 1. The smallest absolute Gasteiger partial charge is 0.318 e. The summed E-state index contributed by atoms with van der Waals surface area (Å²) < 4.78 is 10.2. The number of hydrogen-bond acceptors (Lipinski definition) is 7. The largest absolute Gasteiger partial charge is 0.496 e. The summed E-state index contributed by atoms with van der Waals surface area (Å²) in [5.74, 6) is 1.04. The molecule has 0 aliphatic carbocycles. The highest BCUT2D eigenvalue weighted by Crippen LogP contribution is 2.34. The van der Waals surface area contributed by atoms with Crippen LogP contribution in [0.3, 0.4) is 0 Å². The maximum absolute atomic E-state index is 11.6. The average molecular weight is 344 g/mol. The van der Waals surface area contributed by atoms with Crippen LogP contribution in [0.2, 0.25) is 0 Å². The Morgan fingerprint density at radius 2 is 2.17 bits per heavy atom. The summed E-state index contributed by atoms with van der Waals surface area (Å²) >= 11 is 1.41. The van der Waals surface area contributed by atoms with Gasteiger partial charge in [0.15, 0.2) is 5.65 Å². The van der Waals surface area contributed by atoms with Gasteiger partial charge in [0, 0.05) is 4.90 Å². The fourth-order valence-corrected chi connectivity index (χ4v) is 3.17. The van der Waals surface area contributed by atoms with Crippen LogP contribution < -0.4 is 4.74 Å². The van der Waals surface area contributed by atoms with E-state index in [1.807, 2.05) is 18.2 Å². The molecule has 1 N–H and O–H groups in total. The molecule has 0 amide bonds. The second-order valence-corrected chi connectivity index (χ2v) is 6.40. The number of thioether (sulfide) groups is 1. The Hall–Kier alpha value is -2.61. The lowest BCUT2D eigenvalue weighted by molar-refractivity contribution is -0.139. The van der Waals surface area contributed by atoms with E-state index in [-0.39, 0.29) is 11.2 Å². The highest BCUT2D eigenvalue weighted by Gasteiger charge is 2.17. The van der Waals surface area contributed by atoms with E-state index in [2.05, 4.69) is 19.9 Å². The molecule has 0 fully saturated rings. The van der Waals surface area contributed by atoms with Gasteiger partial charge < -0.3 is 14.5 Å². The lowest BCUT2D eigenvalue weighted by atomic mass is 10.2. The first-order chi connectivity index (χ1) is 11.6. The van der Waals surface area contributed by atoms with Gasteiger partial charge in [-0.3, -0.25) is 4.79 Å². The van der Waals surface area contributed by atoms with Gasteiger partial charge in [-0.1, -0.05) is 0 Å². The summed E-state index contributed by atoms with van der Waals surface area (Å²) in [5.41, 5.74) is 2.16. The molecule has 2 aromatic heterocycles. The number of nitrogens with zero attached hydrogens (tertiary/aromatic N) is 3. The SMILES string of the molecule is COC(=O)C(C)Sc1ccc(-c2nc3cncnc3[nH]2)c(OC)c1. The number of nitrogens with one attached hydrogen (secondary N) is 1. The molecule has 2 heterocycles. The predicted molar refractivity (Wildman–Crippen MR) is 91.0 cm³/mol. The fraction of sp³-hybridized carbons (Fsp3) is 0.250. The van der Waals surface area contributed by atoms with Gasteiger partial charge in [-0.15, -0.1) is 11.8 Å². The monoisotopic (exact) mass is 344 g/mol. The van der Waals surface area contributed by atoms with Gasteiger partial charge in [0.25, 0.3) is 0 Å². The Balaban J connectivity index is 1.93. The van der Waals surface area contributed by atoms with Crippen molar-refractivity contribution in [3.8, 4) is 17.1 Å². The van der Waals surface area contributed by atoms with Crippen molar-refractivity contribution in [2.75, 3.05) is 14.2 Å². The van der Waals surface area contributed by atoms with Crippen LogP contribution in [-0.4, -0.2) is 45.4 Å². The molecule has 0 radical (unpaired) electrons. The molecule has 3 aromatic rings. The van der Waals surface area contributed by atoms with E-state index in [0.717, 1.165) is 10.5 Å². The van der Waals surface area contributed by atoms with Crippen molar-refractivity contribution in [2.45, 2.75) is 17.1 Å². The third kappa shape index (κ3) is 3.18. The van der Waals surface area contributed by atoms with Gasteiger partial charge >= 0.3 is 5.97 Å². The Kier molecular flexibility index (Phi) is 4.66. The number of rotatable bonds is 5. The summed E-state index contributed by atoms with van der Waals surface area (Å²) in [6.07, 6.45) is 3.12. The topological polar surface area (TPSA) is 90.0 Å². The van der Waals surface area contributed by atoms with Gasteiger partial charge in [-0.2, -0.15) is 0 Å². The number of imidazole rings is 1. The van der Waals surface area contributed by atoms with Crippen LogP contribution in [0.1, 0.15) is 6.92 Å². The maximum atomic E-state index is 11.6. The molecule has 8 heteroatoms. The number of aromatic nitrogens is 4. The summed E-state index contributed by atoms with van der Waals surface area (Å²) in [5, 5.41) is -0.299. The van der Waals surface area contributed by atoms with Crippen LogP contribution in [0.15, 0.2) is 35.6 Å². The minimum atomic E-state index is -0.299.